The second-order valence-electron chi connectivity index (χ2n) is 5.58. The first-order chi connectivity index (χ1) is 7.99. The Morgan fingerprint density at radius 2 is 1.82 bits per heavy atom. The third-order valence-electron chi connectivity index (χ3n) is 3.35. The van der Waals surface area contributed by atoms with E-state index in [2.05, 4.69) is 29.4 Å². The van der Waals surface area contributed by atoms with Crippen LogP contribution in [0.2, 0.25) is 0 Å². The number of hydrogen-bond acceptors (Lipinski definition) is 2. The Labute approximate surface area is 105 Å². The summed E-state index contributed by atoms with van der Waals surface area (Å²) in [5, 5.41) is 5.81. The summed E-state index contributed by atoms with van der Waals surface area (Å²) in [6.45, 7) is 11.6. The van der Waals surface area contributed by atoms with Gasteiger partial charge in [0, 0.05) is 18.6 Å². The highest BCUT2D eigenvalue weighted by atomic mass is 16.2. The highest BCUT2D eigenvalue weighted by Gasteiger charge is 2.20. The lowest BCUT2D eigenvalue weighted by atomic mass is 9.96. The summed E-state index contributed by atoms with van der Waals surface area (Å²) in [6, 6.07) is 0.817. The number of hydrogen-bond donors (Lipinski definition) is 2. The van der Waals surface area contributed by atoms with Gasteiger partial charge in [0.25, 0.3) is 0 Å². The van der Waals surface area contributed by atoms with Gasteiger partial charge in [0.05, 0.1) is 0 Å². The van der Waals surface area contributed by atoms with Crippen molar-refractivity contribution in [1.82, 2.24) is 15.5 Å². The van der Waals surface area contributed by atoms with E-state index in [9.17, 15) is 4.79 Å². The van der Waals surface area contributed by atoms with Gasteiger partial charge in [-0.1, -0.05) is 0 Å². The maximum atomic E-state index is 11.4. The van der Waals surface area contributed by atoms with Crippen LogP contribution in [0.25, 0.3) is 0 Å². The SMILES string of the molecule is CC(C)NC(=O)NCC1CCN(C(C)C)CC1. The van der Waals surface area contributed by atoms with E-state index in [1.807, 2.05) is 13.8 Å². The van der Waals surface area contributed by atoms with Gasteiger partial charge in [-0.2, -0.15) is 0 Å². The lowest BCUT2D eigenvalue weighted by molar-refractivity contribution is 0.148. The largest absolute Gasteiger partial charge is 0.338 e. The zero-order valence-corrected chi connectivity index (χ0v) is 11.6. The third kappa shape index (κ3) is 5.39. The van der Waals surface area contributed by atoms with Crippen LogP contribution in [0.5, 0.6) is 0 Å². The van der Waals surface area contributed by atoms with Crippen LogP contribution in [-0.2, 0) is 0 Å². The topological polar surface area (TPSA) is 44.4 Å². The van der Waals surface area contributed by atoms with E-state index >= 15 is 0 Å². The van der Waals surface area contributed by atoms with Crippen LogP contribution in [0.4, 0.5) is 4.79 Å². The zero-order chi connectivity index (χ0) is 12.8. The molecule has 0 unspecified atom stereocenters. The molecule has 4 nitrogen and oxygen atoms in total. The van der Waals surface area contributed by atoms with Gasteiger partial charge in [0.2, 0.25) is 0 Å². The molecule has 1 fully saturated rings. The van der Waals surface area contributed by atoms with Gasteiger partial charge in [0.15, 0.2) is 0 Å². The van der Waals surface area contributed by atoms with Gasteiger partial charge in [-0.3, -0.25) is 0 Å². The van der Waals surface area contributed by atoms with Crippen LogP contribution in [0.3, 0.4) is 0 Å². The predicted molar refractivity (Wildman–Crippen MR) is 71.1 cm³/mol. The number of likely N-dealkylation sites (tertiary alicyclic amines) is 1. The van der Waals surface area contributed by atoms with E-state index in [1.54, 1.807) is 0 Å². The van der Waals surface area contributed by atoms with Gasteiger partial charge >= 0.3 is 6.03 Å². The summed E-state index contributed by atoms with van der Waals surface area (Å²) in [4.78, 5) is 13.9. The molecule has 1 heterocycles. The van der Waals surface area contributed by atoms with E-state index in [1.165, 1.54) is 12.8 Å². The molecule has 0 bridgehead atoms. The average molecular weight is 241 g/mol. The summed E-state index contributed by atoms with van der Waals surface area (Å²) in [6.07, 6.45) is 2.39. The normalized spacial score (nSPS) is 18.7. The molecular formula is C13H27N3O. The van der Waals surface area contributed by atoms with E-state index in [4.69, 9.17) is 0 Å². The van der Waals surface area contributed by atoms with Gasteiger partial charge in [-0.15, -0.1) is 0 Å². The fourth-order valence-corrected chi connectivity index (χ4v) is 2.22. The van der Waals surface area contributed by atoms with Gasteiger partial charge in [-0.25, -0.2) is 4.79 Å². The maximum Gasteiger partial charge on any atom is 0.314 e. The Kier molecular flexibility index (Phi) is 5.75. The fourth-order valence-electron chi connectivity index (χ4n) is 2.22. The molecule has 100 valence electrons. The minimum absolute atomic E-state index is 0.0358. The number of urea groups is 1. The Morgan fingerprint density at radius 1 is 1.24 bits per heavy atom. The molecule has 1 aliphatic heterocycles. The zero-order valence-electron chi connectivity index (χ0n) is 11.6. The minimum Gasteiger partial charge on any atom is -0.338 e. The first-order valence-corrected chi connectivity index (χ1v) is 6.77. The average Bonchev–Trinajstić information content (AvgIpc) is 2.26. The van der Waals surface area contributed by atoms with Gasteiger partial charge < -0.3 is 15.5 Å². The molecule has 0 atom stereocenters. The van der Waals surface area contributed by atoms with Crippen LogP contribution in [0, 0.1) is 5.92 Å². The lowest BCUT2D eigenvalue weighted by Crippen LogP contribution is -2.44. The Morgan fingerprint density at radius 3 is 2.29 bits per heavy atom. The molecule has 0 aliphatic carbocycles. The van der Waals surface area contributed by atoms with Crippen LogP contribution in [0.1, 0.15) is 40.5 Å². The molecule has 4 heteroatoms. The van der Waals surface area contributed by atoms with Crippen LogP contribution >= 0.6 is 0 Å². The van der Waals surface area contributed by atoms with E-state index in [-0.39, 0.29) is 12.1 Å². The summed E-state index contributed by atoms with van der Waals surface area (Å²) >= 11 is 0. The second-order valence-corrected chi connectivity index (χ2v) is 5.58. The predicted octanol–water partition coefficient (Wildman–Crippen LogP) is 1.81. The molecule has 1 aliphatic rings. The number of piperidine rings is 1. The van der Waals surface area contributed by atoms with Crippen molar-refractivity contribution in [3.05, 3.63) is 0 Å². The fraction of sp³-hybridized carbons (Fsp3) is 0.923. The van der Waals surface area contributed by atoms with Crippen molar-refractivity contribution >= 4 is 6.03 Å². The lowest BCUT2D eigenvalue weighted by Gasteiger charge is -2.34. The third-order valence-corrected chi connectivity index (χ3v) is 3.35. The first kappa shape index (κ1) is 14.3. The van der Waals surface area contributed by atoms with Crippen molar-refractivity contribution in [1.29, 1.82) is 0 Å². The van der Waals surface area contributed by atoms with Crippen LogP contribution < -0.4 is 10.6 Å². The van der Waals surface area contributed by atoms with Crippen molar-refractivity contribution in [2.45, 2.75) is 52.6 Å². The molecule has 0 saturated carbocycles. The molecule has 2 N–H and O–H groups in total. The Bertz CT molecular complexity index is 233. The van der Waals surface area contributed by atoms with E-state index < -0.39 is 0 Å². The second kappa shape index (κ2) is 6.84. The summed E-state index contributed by atoms with van der Waals surface area (Å²) in [5.41, 5.74) is 0. The van der Waals surface area contributed by atoms with Crippen LogP contribution in [0.15, 0.2) is 0 Å². The van der Waals surface area contributed by atoms with Crippen molar-refractivity contribution < 1.29 is 4.79 Å². The number of carbonyl (C=O) groups excluding carboxylic acids is 1. The monoisotopic (exact) mass is 241 g/mol. The Hall–Kier alpha value is -0.770. The van der Waals surface area contributed by atoms with Gasteiger partial charge in [0.1, 0.15) is 0 Å². The van der Waals surface area contributed by atoms with E-state index in [0.29, 0.717) is 12.0 Å². The molecule has 0 aromatic rings. The standard InChI is InChI=1S/C13H27N3O/c1-10(2)15-13(17)14-9-12-5-7-16(8-6-12)11(3)4/h10-12H,5-9H2,1-4H3,(H2,14,15,17). The smallest absolute Gasteiger partial charge is 0.314 e. The molecule has 1 saturated heterocycles. The number of nitrogens with one attached hydrogen (secondary N) is 2. The molecule has 17 heavy (non-hydrogen) atoms. The highest BCUT2D eigenvalue weighted by molar-refractivity contribution is 5.74. The molecular weight excluding hydrogens is 214 g/mol. The minimum atomic E-state index is -0.0358. The number of amides is 2. The Balaban J connectivity index is 2.16. The van der Waals surface area contributed by atoms with Crippen LogP contribution in [-0.4, -0.2) is 42.6 Å². The summed E-state index contributed by atoms with van der Waals surface area (Å²) in [7, 11) is 0. The molecule has 0 spiro atoms. The van der Waals surface area contributed by atoms with Gasteiger partial charge in [-0.05, 0) is 59.5 Å². The first-order valence-electron chi connectivity index (χ1n) is 6.77. The molecule has 1 rings (SSSR count). The quantitative estimate of drug-likeness (QED) is 0.788. The number of nitrogens with zero attached hydrogens (tertiary/aromatic N) is 1. The van der Waals surface area contributed by atoms with Crippen molar-refractivity contribution in [2.75, 3.05) is 19.6 Å². The molecule has 0 aromatic heterocycles. The highest BCUT2D eigenvalue weighted by Crippen LogP contribution is 2.17. The van der Waals surface area contributed by atoms with Crippen molar-refractivity contribution in [2.24, 2.45) is 5.92 Å². The molecule has 0 radical (unpaired) electrons. The molecule has 0 aromatic carbocycles. The number of carbonyl (C=O) groups is 1. The maximum absolute atomic E-state index is 11.4. The number of rotatable bonds is 4. The van der Waals surface area contributed by atoms with E-state index in [0.717, 1.165) is 19.6 Å². The summed E-state index contributed by atoms with van der Waals surface area (Å²) in [5.74, 6) is 0.642. The summed E-state index contributed by atoms with van der Waals surface area (Å²) < 4.78 is 0. The molecule has 2 amide bonds. The van der Waals surface area contributed by atoms with Crippen molar-refractivity contribution in [3.8, 4) is 0 Å². The van der Waals surface area contributed by atoms with Crippen molar-refractivity contribution in [3.63, 3.8) is 0 Å².